The van der Waals surface area contributed by atoms with Gasteiger partial charge < -0.3 is 14.8 Å². The number of ether oxygens (including phenoxy) is 2. The van der Waals surface area contributed by atoms with Crippen LogP contribution in [0.3, 0.4) is 0 Å². The number of benzene rings is 1. The van der Waals surface area contributed by atoms with E-state index in [1.165, 1.54) is 0 Å². The molecule has 102 valence electrons. The second kappa shape index (κ2) is 6.80. The molecule has 0 fully saturated rings. The van der Waals surface area contributed by atoms with E-state index in [2.05, 4.69) is 10.3 Å². The van der Waals surface area contributed by atoms with Gasteiger partial charge in [0.1, 0.15) is 5.75 Å². The van der Waals surface area contributed by atoms with Gasteiger partial charge >= 0.3 is 0 Å². The summed E-state index contributed by atoms with van der Waals surface area (Å²) in [5.41, 5.74) is 1.02. The summed E-state index contributed by atoms with van der Waals surface area (Å²) in [5, 5.41) is 3.23. The Morgan fingerprint density at radius 2 is 2.26 bits per heavy atom. The van der Waals surface area contributed by atoms with Gasteiger partial charge in [-0.2, -0.15) is 0 Å². The summed E-state index contributed by atoms with van der Waals surface area (Å²) in [7, 11) is 1.68. The number of hydrogen-bond acceptors (Lipinski definition) is 4. The molecule has 0 unspecified atom stereocenters. The molecule has 2 rings (SSSR count). The molecule has 0 atom stereocenters. The van der Waals surface area contributed by atoms with E-state index >= 15 is 0 Å². The number of nitrogens with one attached hydrogen (secondary N) is 1. The molecule has 1 aromatic heterocycles. The fourth-order valence-corrected chi connectivity index (χ4v) is 1.80. The van der Waals surface area contributed by atoms with Gasteiger partial charge in [0.2, 0.25) is 5.95 Å². The summed E-state index contributed by atoms with van der Waals surface area (Å²) in [6.07, 6.45) is 3.68. The van der Waals surface area contributed by atoms with Crippen molar-refractivity contribution in [2.45, 2.75) is 6.92 Å². The summed E-state index contributed by atoms with van der Waals surface area (Å²) in [5.74, 6) is 1.65. The lowest BCUT2D eigenvalue weighted by atomic mass is 10.3. The van der Waals surface area contributed by atoms with Gasteiger partial charge in [-0.15, -0.1) is 0 Å². The van der Waals surface area contributed by atoms with Gasteiger partial charge in [-0.1, -0.05) is 6.07 Å². The number of anilines is 1. The maximum absolute atomic E-state index is 5.51. The van der Waals surface area contributed by atoms with Crippen LogP contribution in [0.15, 0.2) is 36.7 Å². The quantitative estimate of drug-likeness (QED) is 0.777. The SMILES string of the molecule is CCOc1cccc(-n2ccnc2NCCOC)c1. The van der Waals surface area contributed by atoms with Crippen LogP contribution in [-0.2, 0) is 4.74 Å². The zero-order valence-electron chi connectivity index (χ0n) is 11.3. The highest BCUT2D eigenvalue weighted by Gasteiger charge is 2.05. The Morgan fingerprint density at radius 1 is 1.37 bits per heavy atom. The molecule has 19 heavy (non-hydrogen) atoms. The molecule has 0 spiro atoms. The van der Waals surface area contributed by atoms with Gasteiger partial charge in [-0.05, 0) is 19.1 Å². The third-order valence-electron chi connectivity index (χ3n) is 2.64. The molecule has 0 radical (unpaired) electrons. The first-order valence-electron chi connectivity index (χ1n) is 6.34. The number of methoxy groups -OCH3 is 1. The topological polar surface area (TPSA) is 48.3 Å². The van der Waals surface area contributed by atoms with Crippen LogP contribution in [-0.4, -0.2) is 36.4 Å². The van der Waals surface area contributed by atoms with Crippen molar-refractivity contribution in [1.29, 1.82) is 0 Å². The molecule has 5 heteroatoms. The van der Waals surface area contributed by atoms with Gasteiger partial charge in [0.05, 0.1) is 18.9 Å². The van der Waals surface area contributed by atoms with Crippen molar-refractivity contribution in [1.82, 2.24) is 9.55 Å². The minimum absolute atomic E-state index is 0.645. The number of imidazole rings is 1. The molecule has 0 aliphatic heterocycles. The molecule has 0 saturated carbocycles. The summed E-state index contributed by atoms with van der Waals surface area (Å²) in [6, 6.07) is 7.93. The fourth-order valence-electron chi connectivity index (χ4n) is 1.80. The van der Waals surface area contributed by atoms with Crippen molar-refractivity contribution in [2.75, 3.05) is 32.2 Å². The van der Waals surface area contributed by atoms with Crippen LogP contribution >= 0.6 is 0 Å². The smallest absolute Gasteiger partial charge is 0.207 e. The Balaban J connectivity index is 2.16. The third-order valence-corrected chi connectivity index (χ3v) is 2.64. The number of rotatable bonds is 7. The highest BCUT2D eigenvalue weighted by molar-refractivity contribution is 5.45. The van der Waals surface area contributed by atoms with Crippen molar-refractivity contribution < 1.29 is 9.47 Å². The van der Waals surface area contributed by atoms with E-state index in [-0.39, 0.29) is 0 Å². The second-order valence-corrected chi connectivity index (χ2v) is 3.97. The van der Waals surface area contributed by atoms with Crippen LogP contribution in [0.25, 0.3) is 5.69 Å². The molecule has 0 bridgehead atoms. The highest BCUT2D eigenvalue weighted by Crippen LogP contribution is 2.19. The molecular weight excluding hydrogens is 242 g/mol. The number of nitrogens with zero attached hydrogens (tertiary/aromatic N) is 2. The lowest BCUT2D eigenvalue weighted by Crippen LogP contribution is -2.11. The Kier molecular flexibility index (Phi) is 4.80. The molecule has 2 aromatic rings. The first-order valence-corrected chi connectivity index (χ1v) is 6.34. The van der Waals surface area contributed by atoms with Gasteiger partial charge in [0, 0.05) is 32.1 Å². The summed E-state index contributed by atoms with van der Waals surface area (Å²) >= 11 is 0. The van der Waals surface area contributed by atoms with Crippen molar-refractivity contribution in [3.63, 3.8) is 0 Å². The monoisotopic (exact) mass is 261 g/mol. The van der Waals surface area contributed by atoms with E-state index in [9.17, 15) is 0 Å². The number of hydrogen-bond donors (Lipinski definition) is 1. The standard InChI is InChI=1S/C14H19N3O2/c1-3-19-13-6-4-5-12(11-13)17-9-7-15-14(17)16-8-10-18-2/h4-7,9,11H,3,8,10H2,1-2H3,(H,15,16). The van der Waals surface area contributed by atoms with Gasteiger partial charge in [-0.3, -0.25) is 4.57 Å². The molecule has 0 saturated heterocycles. The lowest BCUT2D eigenvalue weighted by molar-refractivity contribution is 0.210. The van der Waals surface area contributed by atoms with Crippen molar-refractivity contribution in [3.8, 4) is 11.4 Å². The minimum Gasteiger partial charge on any atom is -0.494 e. The predicted molar refractivity (Wildman–Crippen MR) is 75.1 cm³/mol. The Hall–Kier alpha value is -2.01. The Morgan fingerprint density at radius 3 is 3.05 bits per heavy atom. The second-order valence-electron chi connectivity index (χ2n) is 3.97. The summed E-state index contributed by atoms with van der Waals surface area (Å²) < 4.78 is 12.5. The molecule has 0 aliphatic rings. The molecule has 1 N–H and O–H groups in total. The zero-order valence-corrected chi connectivity index (χ0v) is 11.3. The summed E-state index contributed by atoms with van der Waals surface area (Å²) in [6.45, 7) is 4.00. The van der Waals surface area contributed by atoms with Crippen molar-refractivity contribution in [2.24, 2.45) is 0 Å². The van der Waals surface area contributed by atoms with E-state index in [0.29, 0.717) is 13.2 Å². The van der Waals surface area contributed by atoms with E-state index < -0.39 is 0 Å². The van der Waals surface area contributed by atoms with Crippen LogP contribution in [0.5, 0.6) is 5.75 Å². The minimum atomic E-state index is 0.645. The van der Waals surface area contributed by atoms with Crippen LogP contribution in [0.2, 0.25) is 0 Å². The molecular formula is C14H19N3O2. The highest BCUT2D eigenvalue weighted by atomic mass is 16.5. The Labute approximate surface area is 113 Å². The normalized spacial score (nSPS) is 10.4. The first kappa shape index (κ1) is 13.4. The largest absolute Gasteiger partial charge is 0.494 e. The number of aromatic nitrogens is 2. The molecule has 5 nitrogen and oxygen atoms in total. The maximum atomic E-state index is 5.51. The summed E-state index contributed by atoms with van der Waals surface area (Å²) in [4.78, 5) is 4.30. The van der Waals surface area contributed by atoms with E-state index in [1.54, 1.807) is 13.3 Å². The zero-order chi connectivity index (χ0) is 13.5. The molecule has 1 heterocycles. The molecule has 0 aliphatic carbocycles. The average Bonchev–Trinajstić information content (AvgIpc) is 2.88. The average molecular weight is 261 g/mol. The van der Waals surface area contributed by atoms with Gasteiger partial charge in [-0.25, -0.2) is 4.98 Å². The van der Waals surface area contributed by atoms with Gasteiger partial charge in [0.25, 0.3) is 0 Å². The molecule has 0 amide bonds. The van der Waals surface area contributed by atoms with Crippen LogP contribution in [0.1, 0.15) is 6.92 Å². The fraction of sp³-hybridized carbons (Fsp3) is 0.357. The van der Waals surface area contributed by atoms with Crippen molar-refractivity contribution in [3.05, 3.63) is 36.7 Å². The van der Waals surface area contributed by atoms with Gasteiger partial charge in [0.15, 0.2) is 0 Å². The molecule has 1 aromatic carbocycles. The van der Waals surface area contributed by atoms with Crippen LogP contribution in [0, 0.1) is 0 Å². The third kappa shape index (κ3) is 3.48. The van der Waals surface area contributed by atoms with E-state index in [0.717, 1.165) is 23.9 Å². The maximum Gasteiger partial charge on any atom is 0.207 e. The Bertz CT molecular complexity index is 511. The van der Waals surface area contributed by atoms with Crippen LogP contribution < -0.4 is 10.1 Å². The van der Waals surface area contributed by atoms with E-state index in [4.69, 9.17) is 9.47 Å². The predicted octanol–water partition coefficient (Wildman–Crippen LogP) is 2.33. The first-order chi connectivity index (χ1) is 9.35. The van der Waals surface area contributed by atoms with E-state index in [1.807, 2.05) is 42.0 Å². The van der Waals surface area contributed by atoms with Crippen LogP contribution in [0.4, 0.5) is 5.95 Å². The van der Waals surface area contributed by atoms with Crippen molar-refractivity contribution >= 4 is 5.95 Å². The lowest BCUT2D eigenvalue weighted by Gasteiger charge is -2.11.